The van der Waals surface area contributed by atoms with Gasteiger partial charge in [-0.25, -0.2) is 21.2 Å². The number of sulfone groups is 1. The van der Waals surface area contributed by atoms with Crippen molar-refractivity contribution in [2.75, 3.05) is 43.1 Å². The Morgan fingerprint density at radius 2 is 1.93 bits per heavy atom. The number of nitrogens with zero attached hydrogens (tertiary/aromatic N) is 3. The van der Waals surface area contributed by atoms with Gasteiger partial charge in [-0.3, -0.25) is 10.1 Å². The average molecular weight is 466 g/mol. The molecule has 1 fully saturated rings. The lowest BCUT2D eigenvalue weighted by atomic mass is 9.96. The van der Waals surface area contributed by atoms with E-state index in [1.807, 2.05) is 0 Å². The molecular formula is C18H28FN3O6S2. The van der Waals surface area contributed by atoms with Crippen molar-refractivity contribution in [1.82, 2.24) is 4.31 Å². The first-order valence-corrected chi connectivity index (χ1v) is 12.9. The molecule has 12 heteroatoms. The van der Waals surface area contributed by atoms with Crippen molar-refractivity contribution in [2.24, 2.45) is 0 Å². The molecule has 1 saturated heterocycles. The Labute approximate surface area is 177 Å². The van der Waals surface area contributed by atoms with Crippen molar-refractivity contribution in [3.05, 3.63) is 27.8 Å². The van der Waals surface area contributed by atoms with Crippen molar-refractivity contribution < 1.29 is 26.1 Å². The van der Waals surface area contributed by atoms with Gasteiger partial charge in [-0.2, -0.15) is 4.31 Å². The number of nitro benzene ring substituents is 1. The summed E-state index contributed by atoms with van der Waals surface area (Å²) in [6.07, 6.45) is 0.881. The van der Waals surface area contributed by atoms with Crippen LogP contribution in [0, 0.1) is 17.0 Å². The second-order valence-electron chi connectivity index (χ2n) is 7.81. The minimum atomic E-state index is -4.15. The summed E-state index contributed by atoms with van der Waals surface area (Å²) in [7, 11) is -6.30. The predicted octanol–water partition coefficient (Wildman–Crippen LogP) is 2.29. The van der Waals surface area contributed by atoms with Gasteiger partial charge in [-0.1, -0.05) is 6.92 Å². The zero-order valence-corrected chi connectivity index (χ0v) is 19.2. The van der Waals surface area contributed by atoms with E-state index in [1.165, 1.54) is 40.0 Å². The molecule has 1 aromatic carbocycles. The fourth-order valence-corrected chi connectivity index (χ4v) is 5.88. The van der Waals surface area contributed by atoms with Crippen LogP contribution in [0.1, 0.15) is 32.3 Å². The number of anilines is 1. The SMILES string of the molecule is CCS(=O)(=O)CCN(C)S(=O)(=O)c1ccc(N2CCCC(C)(F)C2)c([N+](=O)[O-])c1C. The van der Waals surface area contributed by atoms with Crippen molar-refractivity contribution >= 4 is 31.2 Å². The van der Waals surface area contributed by atoms with Gasteiger partial charge in [-0.05, 0) is 38.8 Å². The molecule has 0 bridgehead atoms. The minimum Gasteiger partial charge on any atom is -0.363 e. The molecule has 0 aromatic heterocycles. The summed E-state index contributed by atoms with van der Waals surface area (Å²) in [5.74, 6) is -0.454. The Bertz CT molecular complexity index is 1020. The van der Waals surface area contributed by atoms with Crippen LogP contribution >= 0.6 is 0 Å². The Morgan fingerprint density at radius 3 is 2.47 bits per heavy atom. The van der Waals surface area contributed by atoms with E-state index >= 15 is 0 Å². The summed E-state index contributed by atoms with van der Waals surface area (Å²) in [6.45, 7) is 4.40. The molecule has 0 saturated carbocycles. The summed E-state index contributed by atoms with van der Waals surface area (Å²) < 4.78 is 64.7. The van der Waals surface area contributed by atoms with Gasteiger partial charge in [0.15, 0.2) is 9.84 Å². The third-order valence-corrected chi connectivity index (χ3v) is 9.06. The molecule has 0 spiro atoms. The zero-order chi connectivity index (χ0) is 22.9. The molecule has 1 aromatic rings. The maximum absolute atomic E-state index is 14.5. The summed E-state index contributed by atoms with van der Waals surface area (Å²) in [5.41, 5.74) is -1.76. The Balaban J connectivity index is 2.45. The van der Waals surface area contributed by atoms with Crippen LogP contribution in [0.25, 0.3) is 0 Å². The number of benzene rings is 1. The lowest BCUT2D eigenvalue weighted by molar-refractivity contribution is -0.384. The smallest absolute Gasteiger partial charge is 0.296 e. The Kier molecular flexibility index (Phi) is 7.14. The summed E-state index contributed by atoms with van der Waals surface area (Å²) in [4.78, 5) is 12.4. The molecule has 1 heterocycles. The average Bonchev–Trinajstić information content (AvgIpc) is 2.64. The van der Waals surface area contributed by atoms with Gasteiger partial charge in [-0.15, -0.1) is 0 Å². The minimum absolute atomic E-state index is 0.0197. The summed E-state index contributed by atoms with van der Waals surface area (Å²) in [6, 6.07) is 2.60. The molecule has 0 amide bonds. The van der Waals surface area contributed by atoms with Gasteiger partial charge >= 0.3 is 0 Å². The highest BCUT2D eigenvalue weighted by Crippen LogP contribution is 2.39. The lowest BCUT2D eigenvalue weighted by Gasteiger charge is -2.36. The first-order chi connectivity index (χ1) is 13.7. The van der Waals surface area contributed by atoms with E-state index in [4.69, 9.17) is 0 Å². The number of halogens is 1. The molecule has 2 rings (SSSR count). The van der Waals surface area contributed by atoms with E-state index in [-0.39, 0.29) is 46.4 Å². The molecule has 0 radical (unpaired) electrons. The predicted molar refractivity (Wildman–Crippen MR) is 113 cm³/mol. The van der Waals surface area contributed by atoms with Gasteiger partial charge in [0.2, 0.25) is 10.0 Å². The van der Waals surface area contributed by atoms with E-state index in [1.54, 1.807) is 4.90 Å². The normalized spacial score (nSPS) is 20.5. The zero-order valence-electron chi connectivity index (χ0n) is 17.6. The number of sulfonamides is 1. The van der Waals surface area contributed by atoms with E-state index < -0.39 is 30.5 Å². The number of hydrogen-bond donors (Lipinski definition) is 0. The van der Waals surface area contributed by atoms with Crippen LogP contribution in [0.3, 0.4) is 0 Å². The van der Waals surface area contributed by atoms with Gasteiger partial charge in [0.25, 0.3) is 5.69 Å². The van der Waals surface area contributed by atoms with Crippen LogP contribution in [0.4, 0.5) is 15.8 Å². The summed E-state index contributed by atoms with van der Waals surface area (Å²) >= 11 is 0. The summed E-state index contributed by atoms with van der Waals surface area (Å²) in [5, 5.41) is 11.8. The molecule has 9 nitrogen and oxygen atoms in total. The second kappa shape index (κ2) is 8.75. The molecule has 1 aliphatic heterocycles. The Hall–Kier alpha value is -1.79. The highest BCUT2D eigenvalue weighted by atomic mass is 32.2. The monoisotopic (exact) mass is 465 g/mol. The maximum atomic E-state index is 14.5. The number of hydrogen-bond acceptors (Lipinski definition) is 7. The molecule has 1 atom stereocenters. The largest absolute Gasteiger partial charge is 0.363 e. The van der Waals surface area contributed by atoms with Crippen LogP contribution in [0.15, 0.2) is 17.0 Å². The third-order valence-electron chi connectivity index (χ3n) is 5.38. The van der Waals surface area contributed by atoms with E-state index in [0.717, 1.165) is 4.31 Å². The van der Waals surface area contributed by atoms with Gasteiger partial charge in [0.1, 0.15) is 11.4 Å². The maximum Gasteiger partial charge on any atom is 0.296 e. The van der Waals surface area contributed by atoms with Crippen molar-refractivity contribution in [2.45, 2.75) is 44.2 Å². The first kappa shape index (κ1) is 24.5. The van der Waals surface area contributed by atoms with Crippen LogP contribution in [0.2, 0.25) is 0 Å². The van der Waals surface area contributed by atoms with E-state index in [2.05, 4.69) is 0 Å². The van der Waals surface area contributed by atoms with Gasteiger partial charge in [0.05, 0.1) is 22.1 Å². The molecule has 30 heavy (non-hydrogen) atoms. The highest BCUT2D eigenvalue weighted by Gasteiger charge is 2.36. The number of piperidine rings is 1. The lowest BCUT2D eigenvalue weighted by Crippen LogP contribution is -2.43. The molecule has 1 aliphatic rings. The number of alkyl halides is 1. The highest BCUT2D eigenvalue weighted by molar-refractivity contribution is 7.91. The van der Waals surface area contributed by atoms with Crippen LogP contribution in [-0.2, 0) is 19.9 Å². The molecule has 170 valence electrons. The van der Waals surface area contributed by atoms with Crippen LogP contribution in [-0.4, -0.2) is 69.9 Å². The standard InChI is InChI=1S/C18H28FN3O6S2/c1-5-29(25,26)12-11-20(4)30(27,28)16-8-7-15(17(14(16)2)22(23)24)21-10-6-9-18(3,19)13-21/h7-8H,5-6,9-13H2,1-4H3. The molecule has 1 unspecified atom stereocenters. The molecule has 0 aliphatic carbocycles. The first-order valence-electron chi connectivity index (χ1n) is 9.60. The number of nitro groups is 1. The Morgan fingerprint density at radius 1 is 1.30 bits per heavy atom. The second-order valence-corrected chi connectivity index (χ2v) is 12.3. The fourth-order valence-electron chi connectivity index (χ4n) is 3.53. The van der Waals surface area contributed by atoms with Gasteiger partial charge in [0, 0.05) is 31.5 Å². The van der Waals surface area contributed by atoms with Gasteiger partial charge < -0.3 is 4.90 Å². The topological polar surface area (TPSA) is 118 Å². The third kappa shape index (κ3) is 5.27. The molecule has 0 N–H and O–H groups in total. The van der Waals surface area contributed by atoms with Crippen LogP contribution < -0.4 is 4.90 Å². The quantitative estimate of drug-likeness (QED) is 0.427. The molecular weight excluding hydrogens is 437 g/mol. The fraction of sp³-hybridized carbons (Fsp3) is 0.667. The van der Waals surface area contributed by atoms with Crippen molar-refractivity contribution in [3.63, 3.8) is 0 Å². The number of rotatable bonds is 8. The van der Waals surface area contributed by atoms with E-state index in [9.17, 15) is 31.3 Å². The van der Waals surface area contributed by atoms with Crippen molar-refractivity contribution in [1.29, 1.82) is 0 Å². The van der Waals surface area contributed by atoms with Crippen LogP contribution in [0.5, 0.6) is 0 Å². The van der Waals surface area contributed by atoms with Crippen molar-refractivity contribution in [3.8, 4) is 0 Å². The van der Waals surface area contributed by atoms with E-state index in [0.29, 0.717) is 19.4 Å².